The zero-order valence-corrected chi connectivity index (χ0v) is 22.3. The summed E-state index contributed by atoms with van der Waals surface area (Å²) in [5, 5.41) is 28.8. The van der Waals surface area contributed by atoms with Crippen molar-refractivity contribution in [1.82, 2.24) is 19.7 Å². The van der Waals surface area contributed by atoms with Crippen LogP contribution in [0.25, 0.3) is 5.52 Å². The first kappa shape index (κ1) is 28.0. The number of hydrogen-bond acceptors (Lipinski definition) is 11. The zero-order valence-electron chi connectivity index (χ0n) is 21.4. The van der Waals surface area contributed by atoms with E-state index in [9.17, 15) is 19.6 Å². The molecule has 0 saturated carbocycles. The van der Waals surface area contributed by atoms with Gasteiger partial charge in [0.1, 0.15) is 47.5 Å². The number of nitrogen functional groups attached to an aromatic ring is 1. The van der Waals surface area contributed by atoms with Crippen LogP contribution < -0.4 is 15.3 Å². The average Bonchev–Trinajstić information content (AvgIpc) is 3.37. The number of nitrogens with zero attached hydrogens (tertiary/aromatic N) is 3. The van der Waals surface area contributed by atoms with Gasteiger partial charge in [-0.3, -0.25) is 9.32 Å². The number of esters is 1. The minimum Gasteiger partial charge on any atom is -0.462 e. The van der Waals surface area contributed by atoms with Gasteiger partial charge in [-0.15, -0.1) is 0 Å². The van der Waals surface area contributed by atoms with Crippen molar-refractivity contribution >= 4 is 25.1 Å². The Kier molecular flexibility index (Phi) is 8.07. The molecule has 5 N–H and O–H groups in total. The predicted octanol–water partition coefficient (Wildman–Crippen LogP) is 2.00. The molecule has 2 aromatic heterocycles. The summed E-state index contributed by atoms with van der Waals surface area (Å²) < 4.78 is 37.6. The summed E-state index contributed by atoms with van der Waals surface area (Å²) >= 11 is 0. The minimum absolute atomic E-state index is 0.224. The summed E-state index contributed by atoms with van der Waals surface area (Å²) in [6, 6.07) is 10.5. The van der Waals surface area contributed by atoms with Crippen LogP contribution in [0, 0.1) is 0 Å². The second-order valence-electron chi connectivity index (χ2n) is 9.46. The van der Waals surface area contributed by atoms with E-state index in [1.54, 1.807) is 56.3 Å². The molecule has 1 aromatic carbocycles. The van der Waals surface area contributed by atoms with E-state index in [0.717, 1.165) is 0 Å². The maximum Gasteiger partial charge on any atom is 0.459 e. The highest BCUT2D eigenvalue weighted by molar-refractivity contribution is 7.52. The smallest absolute Gasteiger partial charge is 0.459 e. The van der Waals surface area contributed by atoms with Crippen LogP contribution in [-0.2, 0) is 23.4 Å². The number of aliphatic hydroxyl groups is 2. The van der Waals surface area contributed by atoms with Crippen molar-refractivity contribution in [2.24, 2.45) is 0 Å². The van der Waals surface area contributed by atoms with Crippen LogP contribution in [0.15, 0.2) is 48.8 Å². The monoisotopic (exact) mass is 549 g/mol. The molecule has 1 aliphatic rings. The number of nitrogens with two attached hydrogens (primary N) is 1. The minimum atomic E-state index is -4.21. The molecular formula is C24H32N5O8P. The van der Waals surface area contributed by atoms with Gasteiger partial charge < -0.3 is 29.9 Å². The van der Waals surface area contributed by atoms with Crippen LogP contribution in [0.1, 0.15) is 39.5 Å². The van der Waals surface area contributed by atoms with E-state index in [-0.39, 0.29) is 17.7 Å². The van der Waals surface area contributed by atoms with E-state index in [2.05, 4.69) is 15.2 Å². The van der Waals surface area contributed by atoms with Gasteiger partial charge in [0, 0.05) is 0 Å². The van der Waals surface area contributed by atoms with Gasteiger partial charge in [-0.2, -0.15) is 10.2 Å². The number of aromatic nitrogens is 3. The van der Waals surface area contributed by atoms with E-state index in [4.69, 9.17) is 24.3 Å². The molecule has 0 radical (unpaired) electrons. The maximum atomic E-state index is 13.7. The lowest BCUT2D eigenvalue weighted by atomic mass is 9.91. The Bertz CT molecular complexity index is 1320. The van der Waals surface area contributed by atoms with Crippen molar-refractivity contribution in [1.29, 1.82) is 0 Å². The van der Waals surface area contributed by atoms with Crippen molar-refractivity contribution in [3.63, 3.8) is 0 Å². The summed E-state index contributed by atoms with van der Waals surface area (Å²) in [5.74, 6) is -0.191. The molecule has 3 heterocycles. The Morgan fingerprint density at radius 3 is 2.66 bits per heavy atom. The molecule has 206 valence electrons. The number of benzene rings is 1. The van der Waals surface area contributed by atoms with E-state index >= 15 is 0 Å². The molecule has 38 heavy (non-hydrogen) atoms. The zero-order chi connectivity index (χ0) is 27.7. The van der Waals surface area contributed by atoms with E-state index in [0.29, 0.717) is 11.2 Å². The van der Waals surface area contributed by atoms with E-state index in [1.165, 1.54) is 24.7 Å². The largest absolute Gasteiger partial charge is 0.462 e. The number of aliphatic hydroxyl groups excluding tert-OH is 1. The third-order valence-corrected chi connectivity index (χ3v) is 7.65. The van der Waals surface area contributed by atoms with Gasteiger partial charge in [0.2, 0.25) is 0 Å². The molecule has 0 spiro atoms. The molecule has 4 rings (SSSR count). The highest BCUT2D eigenvalue weighted by Gasteiger charge is 2.54. The lowest BCUT2D eigenvalue weighted by Gasteiger charge is -2.27. The Labute approximate surface area is 219 Å². The van der Waals surface area contributed by atoms with Crippen LogP contribution in [0.4, 0.5) is 5.82 Å². The van der Waals surface area contributed by atoms with E-state index < -0.39 is 50.3 Å². The van der Waals surface area contributed by atoms with Gasteiger partial charge in [-0.25, -0.2) is 14.1 Å². The fourth-order valence-electron chi connectivity index (χ4n) is 4.10. The number of rotatable bonds is 10. The highest BCUT2D eigenvalue weighted by Crippen LogP contribution is 2.47. The van der Waals surface area contributed by atoms with Gasteiger partial charge in [-0.05, 0) is 52.0 Å². The number of hydrogen-bond donors (Lipinski definition) is 4. The number of anilines is 1. The van der Waals surface area contributed by atoms with Crippen molar-refractivity contribution < 1.29 is 38.1 Å². The van der Waals surface area contributed by atoms with Gasteiger partial charge >= 0.3 is 13.7 Å². The Hall–Kier alpha value is -3.06. The van der Waals surface area contributed by atoms with Crippen molar-refractivity contribution in [2.75, 3.05) is 12.3 Å². The molecule has 0 aliphatic carbocycles. The first-order valence-corrected chi connectivity index (χ1v) is 13.6. The molecule has 1 saturated heterocycles. The Balaban J connectivity index is 1.54. The highest BCUT2D eigenvalue weighted by atomic mass is 31.2. The van der Waals surface area contributed by atoms with Gasteiger partial charge in [0.25, 0.3) is 0 Å². The van der Waals surface area contributed by atoms with Gasteiger partial charge in [0.15, 0.2) is 5.82 Å². The summed E-state index contributed by atoms with van der Waals surface area (Å²) in [6.45, 7) is 5.81. The second-order valence-corrected chi connectivity index (χ2v) is 11.2. The molecule has 0 unspecified atom stereocenters. The van der Waals surface area contributed by atoms with E-state index in [1.807, 2.05) is 0 Å². The fourth-order valence-corrected chi connectivity index (χ4v) is 5.60. The SMILES string of the molecule is CC(C)OC(=O)[C@H](C)N[P@](=O)(OC[C@H]1O[C@@H](c2ccc3c(N)ncnn23)[C@](C)(O)[C@@H]1O)Oc1ccccc1. The molecule has 14 heteroatoms. The number of carbonyl (C=O) groups excluding carboxylic acids is 1. The number of carbonyl (C=O) groups is 1. The molecule has 1 fully saturated rings. The molecule has 3 aromatic rings. The van der Waals surface area contributed by atoms with Crippen molar-refractivity contribution in [3.8, 4) is 5.75 Å². The first-order chi connectivity index (χ1) is 17.9. The lowest BCUT2D eigenvalue weighted by Crippen LogP contribution is -2.43. The van der Waals surface area contributed by atoms with Gasteiger partial charge in [-0.1, -0.05) is 18.2 Å². The maximum absolute atomic E-state index is 13.7. The fraction of sp³-hybridized carbons (Fsp3) is 0.458. The number of ether oxygens (including phenoxy) is 2. The molecule has 13 nitrogen and oxygen atoms in total. The van der Waals surface area contributed by atoms with Crippen LogP contribution >= 0.6 is 7.75 Å². The summed E-state index contributed by atoms with van der Waals surface area (Å²) in [5.41, 5.74) is 5.06. The summed E-state index contributed by atoms with van der Waals surface area (Å²) in [4.78, 5) is 16.3. The van der Waals surface area contributed by atoms with Crippen LogP contribution in [0.5, 0.6) is 5.75 Å². The summed E-state index contributed by atoms with van der Waals surface area (Å²) in [7, 11) is -4.21. The van der Waals surface area contributed by atoms with Crippen molar-refractivity contribution in [3.05, 3.63) is 54.5 Å². The molecule has 0 bridgehead atoms. The Morgan fingerprint density at radius 2 is 1.97 bits per heavy atom. The molecule has 0 amide bonds. The molecular weight excluding hydrogens is 517 g/mol. The average molecular weight is 550 g/mol. The number of nitrogens with one attached hydrogen (secondary N) is 1. The standard InChI is InChI=1S/C24H32N5O8P/c1-14(2)35-23(31)15(3)28-38(33,37-16-8-6-5-7-9-16)34-12-19-20(30)24(4,32)21(36-19)17-10-11-18-22(25)26-13-27-29(17)18/h5-11,13-15,19-21,30,32H,12H2,1-4H3,(H,28,33)(H2,25,26,27)/t15-,19+,20+,21-,24+,38-/m0/s1. The Morgan fingerprint density at radius 1 is 1.26 bits per heavy atom. The topological polar surface area (TPSA) is 180 Å². The van der Waals surface area contributed by atoms with Crippen LogP contribution in [-0.4, -0.2) is 67.3 Å². The number of fused-ring (bicyclic) bond motifs is 1. The quantitative estimate of drug-likeness (QED) is 0.214. The normalized spacial score (nSPS) is 25.8. The third-order valence-electron chi connectivity index (χ3n) is 6.01. The molecule has 1 aliphatic heterocycles. The van der Waals surface area contributed by atoms with Gasteiger partial charge in [0.05, 0.1) is 18.4 Å². The second kappa shape index (κ2) is 11.0. The lowest BCUT2D eigenvalue weighted by molar-refractivity contribution is -0.149. The molecule has 6 atom stereocenters. The van der Waals surface area contributed by atoms with Crippen LogP contribution in [0.2, 0.25) is 0 Å². The first-order valence-electron chi connectivity index (χ1n) is 12.0. The summed E-state index contributed by atoms with van der Waals surface area (Å²) in [6.07, 6.45) is -2.71. The van der Waals surface area contributed by atoms with Crippen LogP contribution in [0.3, 0.4) is 0 Å². The predicted molar refractivity (Wildman–Crippen MR) is 136 cm³/mol. The number of para-hydroxylation sites is 1. The third kappa shape index (κ3) is 5.83. The van der Waals surface area contributed by atoms with Crippen molar-refractivity contribution in [2.45, 2.75) is 63.8 Å².